The highest BCUT2D eigenvalue weighted by Crippen LogP contribution is 2.21. The van der Waals surface area contributed by atoms with E-state index in [-0.39, 0.29) is 23.4 Å². The lowest BCUT2D eigenvalue weighted by molar-refractivity contribution is 0.0867. The molecule has 0 N–H and O–H groups in total. The number of hydrogen-bond donors (Lipinski definition) is 0. The van der Waals surface area contributed by atoms with E-state index in [4.69, 9.17) is 0 Å². The molecule has 0 unspecified atom stereocenters. The molecule has 0 bridgehead atoms. The fourth-order valence-corrected chi connectivity index (χ4v) is 3.95. The van der Waals surface area contributed by atoms with Crippen molar-refractivity contribution in [2.75, 3.05) is 41.3 Å². The van der Waals surface area contributed by atoms with Crippen molar-refractivity contribution in [3.05, 3.63) is 71.8 Å². The van der Waals surface area contributed by atoms with E-state index in [1.54, 1.807) is 0 Å². The Morgan fingerprint density at radius 1 is 0.633 bits per heavy atom. The Morgan fingerprint density at radius 3 is 1.27 bits per heavy atom. The van der Waals surface area contributed by atoms with E-state index in [0.717, 1.165) is 49.9 Å². The van der Waals surface area contributed by atoms with Crippen LogP contribution in [0.2, 0.25) is 0 Å². The van der Waals surface area contributed by atoms with Gasteiger partial charge in [-0.2, -0.15) is 0 Å². The van der Waals surface area contributed by atoms with Crippen LogP contribution in [0.4, 0.5) is 0 Å². The fourth-order valence-electron chi connectivity index (χ4n) is 3.95. The topological polar surface area (TPSA) is 40.6 Å². The Kier molecular flexibility index (Phi) is 9.92. The van der Waals surface area contributed by atoms with E-state index in [1.165, 1.54) is 0 Å². The zero-order chi connectivity index (χ0) is 21.9. The monoisotopic (exact) mass is 408 g/mol. The maximum atomic E-state index is 13.0. The van der Waals surface area contributed by atoms with E-state index in [1.807, 2.05) is 88.9 Å². The molecule has 4 nitrogen and oxygen atoms in total. The molecule has 0 saturated carbocycles. The lowest BCUT2D eigenvalue weighted by Crippen LogP contribution is -2.29. The zero-order valence-corrected chi connectivity index (χ0v) is 18.9. The van der Waals surface area contributed by atoms with Crippen LogP contribution in [0, 0.1) is 11.8 Å². The first kappa shape index (κ1) is 24.0. The largest absolute Gasteiger partial charge is 0.309 e. The van der Waals surface area contributed by atoms with Gasteiger partial charge in [0, 0.05) is 36.1 Å². The van der Waals surface area contributed by atoms with Gasteiger partial charge < -0.3 is 9.80 Å². The molecule has 2 aromatic carbocycles. The summed E-state index contributed by atoms with van der Waals surface area (Å²) in [5.74, 6) is 0.406. The molecule has 0 aliphatic carbocycles. The Bertz CT molecular complexity index is 705. The van der Waals surface area contributed by atoms with Crippen molar-refractivity contribution in [1.29, 1.82) is 0 Å². The summed E-state index contributed by atoms with van der Waals surface area (Å²) < 4.78 is 0. The third kappa shape index (κ3) is 7.85. The van der Waals surface area contributed by atoms with Gasteiger partial charge in [-0.15, -0.1) is 0 Å². The number of carbonyl (C=O) groups is 2. The van der Waals surface area contributed by atoms with Crippen molar-refractivity contribution in [1.82, 2.24) is 9.80 Å². The lowest BCUT2D eigenvalue weighted by Gasteiger charge is -2.22. The molecule has 0 aromatic heterocycles. The minimum Gasteiger partial charge on any atom is -0.309 e. The summed E-state index contributed by atoms with van der Waals surface area (Å²) in [4.78, 5) is 30.1. The normalized spacial score (nSPS) is 13.4. The van der Waals surface area contributed by atoms with E-state index in [0.29, 0.717) is 0 Å². The van der Waals surface area contributed by atoms with Crippen LogP contribution < -0.4 is 0 Å². The van der Waals surface area contributed by atoms with E-state index < -0.39 is 0 Å². The molecule has 0 fully saturated rings. The number of nitrogens with zero attached hydrogens (tertiary/aromatic N) is 2. The standard InChI is InChI=1S/C26H36N2O2/c1-27(2)19-23(25(29)21-13-7-5-8-14-21)17-11-12-18-24(20-28(3)4)26(30)22-15-9-6-10-16-22/h5-10,13-16,23-24H,11-12,17-20H2,1-4H3/t23-,24-/m1/s1. The summed E-state index contributed by atoms with van der Waals surface area (Å²) in [6.07, 6.45) is 3.59. The first-order valence-electron chi connectivity index (χ1n) is 10.9. The molecule has 0 spiro atoms. The van der Waals surface area contributed by atoms with Crippen molar-refractivity contribution in [2.45, 2.75) is 25.7 Å². The van der Waals surface area contributed by atoms with Crippen LogP contribution in [0.15, 0.2) is 60.7 Å². The molecule has 0 aliphatic rings. The summed E-state index contributed by atoms with van der Waals surface area (Å²) >= 11 is 0. The second-order valence-corrected chi connectivity index (χ2v) is 8.66. The summed E-state index contributed by atoms with van der Waals surface area (Å²) in [6.45, 7) is 1.50. The van der Waals surface area contributed by atoms with Crippen LogP contribution in [0.5, 0.6) is 0 Å². The van der Waals surface area contributed by atoms with Crippen LogP contribution in [0.3, 0.4) is 0 Å². The van der Waals surface area contributed by atoms with Crippen LogP contribution in [-0.2, 0) is 0 Å². The molecular formula is C26H36N2O2. The van der Waals surface area contributed by atoms with Gasteiger partial charge in [-0.25, -0.2) is 0 Å². The Hall–Kier alpha value is -2.30. The van der Waals surface area contributed by atoms with Crippen molar-refractivity contribution < 1.29 is 9.59 Å². The van der Waals surface area contributed by atoms with Gasteiger partial charge in [-0.3, -0.25) is 9.59 Å². The zero-order valence-electron chi connectivity index (χ0n) is 18.9. The molecule has 2 atom stereocenters. The molecule has 0 radical (unpaired) electrons. The first-order chi connectivity index (χ1) is 14.4. The lowest BCUT2D eigenvalue weighted by atomic mass is 9.88. The van der Waals surface area contributed by atoms with E-state index in [9.17, 15) is 9.59 Å². The second kappa shape index (κ2) is 12.4. The highest BCUT2D eigenvalue weighted by Gasteiger charge is 2.23. The third-order valence-electron chi connectivity index (χ3n) is 5.38. The molecule has 2 aromatic rings. The SMILES string of the molecule is CN(C)C[C@@H](CCCC[C@H](CN(C)C)C(=O)c1ccccc1)C(=O)c1ccccc1. The van der Waals surface area contributed by atoms with Gasteiger partial charge >= 0.3 is 0 Å². The minimum absolute atomic E-state index is 0.0143. The molecule has 0 saturated heterocycles. The number of rotatable bonds is 13. The summed E-state index contributed by atoms with van der Waals surface area (Å²) in [5.41, 5.74) is 1.57. The number of benzene rings is 2. The van der Waals surface area contributed by atoms with E-state index >= 15 is 0 Å². The highest BCUT2D eigenvalue weighted by atomic mass is 16.1. The van der Waals surface area contributed by atoms with Gasteiger partial charge in [0.25, 0.3) is 0 Å². The molecular weight excluding hydrogens is 372 g/mol. The maximum absolute atomic E-state index is 13.0. The summed E-state index contributed by atoms with van der Waals surface area (Å²) in [6, 6.07) is 19.1. The highest BCUT2D eigenvalue weighted by molar-refractivity contribution is 5.98. The number of Topliss-reactive ketones (excluding diaryl/α,β-unsaturated/α-hetero) is 2. The van der Waals surface area contributed by atoms with Gasteiger partial charge in [0.1, 0.15) is 0 Å². The van der Waals surface area contributed by atoms with Gasteiger partial charge in [0.05, 0.1) is 0 Å². The van der Waals surface area contributed by atoms with Gasteiger partial charge in [0.2, 0.25) is 0 Å². The number of carbonyl (C=O) groups excluding carboxylic acids is 2. The minimum atomic E-state index is -0.0143. The predicted octanol–water partition coefficient (Wildman–Crippen LogP) is 4.67. The van der Waals surface area contributed by atoms with Crippen LogP contribution >= 0.6 is 0 Å². The quantitative estimate of drug-likeness (QED) is 0.357. The van der Waals surface area contributed by atoms with Gasteiger partial charge in [0.15, 0.2) is 11.6 Å². The first-order valence-corrected chi connectivity index (χ1v) is 10.9. The van der Waals surface area contributed by atoms with Crippen molar-refractivity contribution in [3.63, 3.8) is 0 Å². The predicted molar refractivity (Wildman–Crippen MR) is 124 cm³/mol. The molecule has 0 amide bonds. The van der Waals surface area contributed by atoms with Crippen molar-refractivity contribution in [2.24, 2.45) is 11.8 Å². The number of hydrogen-bond acceptors (Lipinski definition) is 4. The maximum Gasteiger partial charge on any atom is 0.167 e. The molecule has 0 aliphatic heterocycles. The van der Waals surface area contributed by atoms with Crippen LogP contribution in [0.25, 0.3) is 0 Å². The molecule has 0 heterocycles. The van der Waals surface area contributed by atoms with Crippen LogP contribution in [-0.4, -0.2) is 62.6 Å². The number of ketones is 2. The molecule has 162 valence electrons. The Labute approximate surface area is 181 Å². The third-order valence-corrected chi connectivity index (χ3v) is 5.38. The van der Waals surface area contributed by atoms with Crippen molar-refractivity contribution >= 4 is 11.6 Å². The van der Waals surface area contributed by atoms with Crippen LogP contribution in [0.1, 0.15) is 46.4 Å². The molecule has 30 heavy (non-hydrogen) atoms. The Morgan fingerprint density at radius 2 is 0.967 bits per heavy atom. The number of unbranched alkanes of at least 4 members (excludes halogenated alkanes) is 1. The van der Waals surface area contributed by atoms with Gasteiger partial charge in [-0.05, 0) is 41.0 Å². The summed E-state index contributed by atoms with van der Waals surface area (Å²) in [5, 5.41) is 0. The molecule has 4 heteroatoms. The Balaban J connectivity index is 1.95. The van der Waals surface area contributed by atoms with Gasteiger partial charge in [-0.1, -0.05) is 73.5 Å². The second-order valence-electron chi connectivity index (χ2n) is 8.66. The smallest absolute Gasteiger partial charge is 0.167 e. The summed E-state index contributed by atoms with van der Waals surface area (Å²) in [7, 11) is 8.04. The average Bonchev–Trinajstić information content (AvgIpc) is 2.74. The average molecular weight is 409 g/mol. The van der Waals surface area contributed by atoms with E-state index in [2.05, 4.69) is 9.80 Å². The molecule has 2 rings (SSSR count). The van der Waals surface area contributed by atoms with Crippen molar-refractivity contribution in [3.8, 4) is 0 Å². The fraction of sp³-hybridized carbons (Fsp3) is 0.462.